The Balaban J connectivity index is 1.55. The van der Waals surface area contributed by atoms with Gasteiger partial charge in [-0.15, -0.1) is 0 Å². The van der Waals surface area contributed by atoms with Crippen LogP contribution in [0.1, 0.15) is 90.2 Å². The highest BCUT2D eigenvalue weighted by Gasteiger charge is 2.47. The van der Waals surface area contributed by atoms with Crippen LogP contribution in [-0.2, 0) is 51.6 Å². The normalized spacial score (nSPS) is 15.7. The summed E-state index contributed by atoms with van der Waals surface area (Å²) >= 11 is 3.91. The van der Waals surface area contributed by atoms with Crippen LogP contribution in [0, 0.1) is 11.8 Å². The maximum Gasteiger partial charge on any atom is 0.351 e. The number of unbranched alkanes of at least 4 members (excludes halogenated alkanes) is 2. The highest BCUT2D eigenvalue weighted by molar-refractivity contribution is 8.26. The summed E-state index contributed by atoms with van der Waals surface area (Å²) in [5.74, 6) is -3.96. The minimum Gasteiger partial charge on any atom is -0.465 e. The molecule has 2 amide bonds. The van der Waals surface area contributed by atoms with Crippen molar-refractivity contribution in [3.05, 3.63) is 90.7 Å². The topological polar surface area (TPSA) is 154 Å². The number of nitrogens with zero attached hydrogens (tertiary/aromatic N) is 2. The average molecular weight is 939 g/mol. The van der Waals surface area contributed by atoms with Gasteiger partial charge in [0.1, 0.15) is 5.57 Å². The number of amides is 2. The molecule has 0 radical (unpaired) electrons. The molecule has 17 heteroatoms. The number of benzene rings is 3. The van der Waals surface area contributed by atoms with E-state index in [-0.39, 0.29) is 44.2 Å². The van der Waals surface area contributed by atoms with Crippen molar-refractivity contribution in [1.82, 2.24) is 10.0 Å². The maximum atomic E-state index is 14.6. The number of thioether (sulfide) groups is 4. The Bertz CT molecular complexity index is 2270. The number of esters is 3. The number of methoxy groups -OCH3 is 1. The molecule has 1 fully saturated rings. The van der Waals surface area contributed by atoms with Crippen LogP contribution in [0.15, 0.2) is 99.2 Å². The van der Waals surface area contributed by atoms with Crippen LogP contribution >= 0.6 is 47.0 Å². The number of rotatable bonds is 18. The summed E-state index contributed by atoms with van der Waals surface area (Å²) in [6.07, 6.45) is 6.34. The van der Waals surface area contributed by atoms with Gasteiger partial charge in [-0.1, -0.05) is 161 Å². The van der Waals surface area contributed by atoms with Crippen LogP contribution in [-0.4, -0.2) is 61.5 Å². The molecule has 0 spiro atoms. The zero-order valence-electron chi connectivity index (χ0n) is 35.5. The SMILES string of the molecule is CCCCC(CC)C(=O)Oc1c2c(c(OC(=O)C(CC)CCCC)c3c1SC(=C(C(=O)OC)S(C)(=O)=O)S3)SC(=C1C(=O)N(Cc3ccccc3)N(Cc3ccccc3)C1=O)S2. The van der Waals surface area contributed by atoms with Gasteiger partial charge in [0.2, 0.25) is 0 Å². The zero-order valence-corrected chi connectivity index (χ0v) is 39.6. The molecular formula is C45H50N2O10S5. The van der Waals surface area contributed by atoms with Gasteiger partial charge in [-0.25, -0.2) is 23.2 Å². The smallest absolute Gasteiger partial charge is 0.351 e. The Morgan fingerprint density at radius 2 is 1.05 bits per heavy atom. The lowest BCUT2D eigenvalue weighted by Crippen LogP contribution is -2.39. The minimum atomic E-state index is -4.16. The summed E-state index contributed by atoms with van der Waals surface area (Å²) in [7, 11) is -3.08. The molecule has 2 atom stereocenters. The van der Waals surface area contributed by atoms with Gasteiger partial charge in [-0.3, -0.25) is 19.2 Å². The second-order valence-corrected chi connectivity index (χ2v) is 21.5. The first kappa shape index (κ1) is 47.3. The second kappa shape index (κ2) is 21.0. The van der Waals surface area contributed by atoms with Crippen molar-refractivity contribution in [3.63, 3.8) is 0 Å². The number of fused-ring (bicyclic) bond motifs is 2. The highest BCUT2D eigenvalue weighted by Crippen LogP contribution is 2.69. The number of carbonyl (C=O) groups is 5. The van der Waals surface area contributed by atoms with E-state index in [0.717, 1.165) is 97.2 Å². The van der Waals surface area contributed by atoms with E-state index in [9.17, 15) is 32.4 Å². The van der Waals surface area contributed by atoms with Gasteiger partial charge in [0.15, 0.2) is 26.2 Å². The Hall–Kier alpha value is -4.16. The highest BCUT2D eigenvalue weighted by atomic mass is 32.2. The van der Waals surface area contributed by atoms with E-state index in [1.165, 1.54) is 10.0 Å². The number of hydrogen-bond acceptors (Lipinski definition) is 14. The molecular weight excluding hydrogens is 889 g/mol. The summed E-state index contributed by atoms with van der Waals surface area (Å²) in [5.41, 5.74) is 1.54. The summed E-state index contributed by atoms with van der Waals surface area (Å²) < 4.78 is 44.2. The molecule has 0 bridgehead atoms. The fraction of sp³-hybridized carbons (Fsp3) is 0.400. The number of sulfone groups is 1. The summed E-state index contributed by atoms with van der Waals surface area (Å²) in [4.78, 5) is 71.1. The van der Waals surface area contributed by atoms with Gasteiger partial charge >= 0.3 is 17.9 Å². The maximum absolute atomic E-state index is 14.6. The van der Waals surface area contributed by atoms with Gasteiger partial charge in [-0.05, 0) is 36.8 Å². The molecule has 330 valence electrons. The lowest BCUT2D eigenvalue weighted by atomic mass is 10.00. The van der Waals surface area contributed by atoms with E-state index in [4.69, 9.17) is 14.2 Å². The van der Waals surface area contributed by atoms with Crippen LogP contribution in [0.25, 0.3) is 0 Å². The molecule has 3 aliphatic rings. The van der Waals surface area contributed by atoms with Crippen LogP contribution < -0.4 is 9.47 Å². The van der Waals surface area contributed by atoms with Crippen molar-refractivity contribution in [2.75, 3.05) is 13.4 Å². The molecule has 62 heavy (non-hydrogen) atoms. The van der Waals surface area contributed by atoms with Crippen LogP contribution in [0.3, 0.4) is 0 Å². The fourth-order valence-corrected chi connectivity index (χ4v) is 14.2. The van der Waals surface area contributed by atoms with E-state index in [1.807, 2.05) is 88.4 Å². The second-order valence-electron chi connectivity index (χ2n) is 15.0. The quantitative estimate of drug-likeness (QED) is 0.0514. The molecule has 0 aliphatic carbocycles. The fourth-order valence-electron chi connectivity index (χ4n) is 7.08. The molecule has 3 aliphatic heterocycles. The largest absolute Gasteiger partial charge is 0.465 e. The molecule has 3 aromatic carbocycles. The van der Waals surface area contributed by atoms with E-state index in [1.54, 1.807) is 0 Å². The van der Waals surface area contributed by atoms with Crippen molar-refractivity contribution in [2.24, 2.45) is 11.8 Å². The van der Waals surface area contributed by atoms with Crippen LogP contribution in [0.5, 0.6) is 11.5 Å². The van der Waals surface area contributed by atoms with E-state index >= 15 is 0 Å². The first-order chi connectivity index (χ1) is 29.8. The van der Waals surface area contributed by atoms with Gasteiger partial charge < -0.3 is 14.2 Å². The van der Waals surface area contributed by atoms with Gasteiger partial charge in [0, 0.05) is 6.26 Å². The monoisotopic (exact) mass is 938 g/mol. The van der Waals surface area contributed by atoms with E-state index < -0.39 is 56.3 Å². The summed E-state index contributed by atoms with van der Waals surface area (Å²) in [5, 5.41) is 2.86. The zero-order chi connectivity index (χ0) is 44.7. The van der Waals surface area contributed by atoms with Crippen molar-refractivity contribution in [2.45, 2.75) is 112 Å². The molecule has 0 saturated carbocycles. The van der Waals surface area contributed by atoms with Gasteiger partial charge in [0.25, 0.3) is 11.8 Å². The summed E-state index contributed by atoms with van der Waals surface area (Å²) in [6.45, 7) is 8.09. The minimum absolute atomic E-state index is 0.0338. The molecule has 0 N–H and O–H groups in total. The lowest BCUT2D eigenvalue weighted by Gasteiger charge is -2.27. The van der Waals surface area contributed by atoms with E-state index in [0.29, 0.717) is 39.7 Å². The third kappa shape index (κ3) is 10.3. The third-order valence-corrected chi connectivity index (χ3v) is 17.1. The summed E-state index contributed by atoms with van der Waals surface area (Å²) in [6, 6.07) is 18.7. The predicted octanol–water partition coefficient (Wildman–Crippen LogP) is 9.91. The first-order valence-electron chi connectivity index (χ1n) is 20.6. The van der Waals surface area contributed by atoms with Gasteiger partial charge in [0.05, 0.1) is 60.1 Å². The predicted molar refractivity (Wildman–Crippen MR) is 243 cm³/mol. The Labute approximate surface area is 380 Å². The molecule has 6 rings (SSSR count). The molecule has 1 saturated heterocycles. The van der Waals surface area contributed by atoms with Crippen LogP contribution in [0.4, 0.5) is 0 Å². The van der Waals surface area contributed by atoms with Crippen LogP contribution in [0.2, 0.25) is 0 Å². The van der Waals surface area contributed by atoms with E-state index in [2.05, 4.69) is 0 Å². The molecule has 12 nitrogen and oxygen atoms in total. The Kier molecular flexibility index (Phi) is 16.0. The number of ether oxygens (including phenoxy) is 3. The van der Waals surface area contributed by atoms with Crippen molar-refractivity contribution < 1.29 is 46.6 Å². The number of carbonyl (C=O) groups excluding carboxylic acids is 5. The number of hydrogen-bond donors (Lipinski definition) is 0. The first-order valence-corrected chi connectivity index (χ1v) is 25.8. The Morgan fingerprint density at radius 3 is 1.40 bits per heavy atom. The van der Waals surface area contributed by atoms with Crippen molar-refractivity contribution >= 4 is 86.6 Å². The molecule has 3 aromatic rings. The number of hydrazine groups is 1. The molecule has 2 unspecified atom stereocenters. The van der Waals surface area contributed by atoms with Crippen molar-refractivity contribution in [3.8, 4) is 11.5 Å². The molecule has 3 heterocycles. The van der Waals surface area contributed by atoms with Crippen molar-refractivity contribution in [1.29, 1.82) is 0 Å². The van der Waals surface area contributed by atoms with Gasteiger partial charge in [-0.2, -0.15) is 0 Å². The molecule has 0 aromatic heterocycles. The average Bonchev–Trinajstić information content (AvgIpc) is 3.94. The third-order valence-electron chi connectivity index (χ3n) is 10.6. The Morgan fingerprint density at radius 1 is 0.645 bits per heavy atom. The standard InChI is InChI=1S/C45H50N2O10S5/c1-7-11-23-29(9-3)41(50)56-32-34-35(33(57-42(51)30(10-4)24-12-8-2)37-36(32)60-45(61-37)38(43(52)55-5)62(6,53)54)59-44(58-34)31-39(48)46(25-27-19-15-13-16-20-27)47(40(31)49)26-28-21-17-14-18-22-28/h13-22,29-30H,7-12,23-26H2,1-6H3. The lowest BCUT2D eigenvalue weighted by molar-refractivity contribution is -0.149.